The molecule has 21 heavy (non-hydrogen) atoms. The van der Waals surface area contributed by atoms with E-state index in [0.29, 0.717) is 6.54 Å². The third kappa shape index (κ3) is 2.82. The number of benzene rings is 2. The standard InChI is InChI=1S/C18H18FNO/c1-13-2-4-14(5-3-13)12-20-17(21)18(10-11-18)15-6-8-16(19)9-7-15/h2-9H,10-12H2,1H3,(H,20,21). The molecule has 2 aromatic carbocycles. The summed E-state index contributed by atoms with van der Waals surface area (Å²) in [7, 11) is 0. The van der Waals surface area contributed by atoms with Crippen LogP contribution >= 0.6 is 0 Å². The first-order chi connectivity index (χ1) is 10.1. The van der Waals surface area contributed by atoms with Gasteiger partial charge in [0, 0.05) is 6.54 Å². The Labute approximate surface area is 124 Å². The molecule has 1 aliphatic rings. The normalized spacial score (nSPS) is 15.5. The highest BCUT2D eigenvalue weighted by Crippen LogP contribution is 2.48. The summed E-state index contributed by atoms with van der Waals surface area (Å²) in [5.41, 5.74) is 2.75. The highest BCUT2D eigenvalue weighted by Gasteiger charge is 2.51. The fourth-order valence-corrected chi connectivity index (χ4v) is 2.60. The van der Waals surface area contributed by atoms with Crippen LogP contribution in [0.1, 0.15) is 29.5 Å². The Balaban J connectivity index is 1.67. The second kappa shape index (κ2) is 5.32. The molecule has 0 aromatic heterocycles. The summed E-state index contributed by atoms with van der Waals surface area (Å²) in [6, 6.07) is 14.4. The Kier molecular flexibility index (Phi) is 3.50. The lowest BCUT2D eigenvalue weighted by Gasteiger charge is -2.16. The van der Waals surface area contributed by atoms with Gasteiger partial charge in [-0.25, -0.2) is 4.39 Å². The second-order valence-electron chi connectivity index (χ2n) is 5.76. The van der Waals surface area contributed by atoms with E-state index in [-0.39, 0.29) is 11.7 Å². The van der Waals surface area contributed by atoms with Crippen molar-refractivity contribution in [2.75, 3.05) is 0 Å². The molecule has 108 valence electrons. The molecular weight excluding hydrogens is 265 g/mol. The van der Waals surface area contributed by atoms with Crippen LogP contribution in [0, 0.1) is 12.7 Å². The number of carbonyl (C=O) groups excluding carboxylic acids is 1. The quantitative estimate of drug-likeness (QED) is 0.914. The van der Waals surface area contributed by atoms with Crippen molar-refractivity contribution in [3.63, 3.8) is 0 Å². The largest absolute Gasteiger partial charge is 0.351 e. The number of carbonyl (C=O) groups is 1. The monoisotopic (exact) mass is 283 g/mol. The van der Waals surface area contributed by atoms with Gasteiger partial charge in [-0.2, -0.15) is 0 Å². The van der Waals surface area contributed by atoms with Gasteiger partial charge in [0.05, 0.1) is 5.41 Å². The lowest BCUT2D eigenvalue weighted by Crippen LogP contribution is -2.34. The van der Waals surface area contributed by atoms with E-state index in [9.17, 15) is 9.18 Å². The molecule has 1 N–H and O–H groups in total. The molecule has 0 unspecified atom stereocenters. The molecule has 2 nitrogen and oxygen atoms in total. The van der Waals surface area contributed by atoms with Gasteiger partial charge in [0.1, 0.15) is 5.82 Å². The van der Waals surface area contributed by atoms with Crippen LogP contribution < -0.4 is 5.32 Å². The van der Waals surface area contributed by atoms with Gasteiger partial charge < -0.3 is 5.32 Å². The van der Waals surface area contributed by atoms with Crippen molar-refractivity contribution in [3.05, 3.63) is 71.0 Å². The zero-order valence-corrected chi connectivity index (χ0v) is 12.0. The summed E-state index contributed by atoms with van der Waals surface area (Å²) in [5.74, 6) is -0.232. The van der Waals surface area contributed by atoms with E-state index in [0.717, 1.165) is 24.0 Å². The van der Waals surface area contributed by atoms with Crippen LogP contribution in [0.5, 0.6) is 0 Å². The predicted octanol–water partition coefficient (Wildman–Crippen LogP) is 3.48. The summed E-state index contributed by atoms with van der Waals surface area (Å²) in [6.07, 6.45) is 1.66. The maximum atomic E-state index is 13.0. The molecule has 0 atom stereocenters. The fourth-order valence-electron chi connectivity index (χ4n) is 2.60. The maximum absolute atomic E-state index is 13.0. The molecule has 1 amide bonds. The fraction of sp³-hybridized carbons (Fsp3) is 0.278. The molecule has 0 spiro atoms. The summed E-state index contributed by atoms with van der Waals surface area (Å²) in [4.78, 5) is 12.4. The average Bonchev–Trinajstić information content (AvgIpc) is 3.29. The Hall–Kier alpha value is -2.16. The highest BCUT2D eigenvalue weighted by molar-refractivity contribution is 5.91. The topological polar surface area (TPSA) is 29.1 Å². The van der Waals surface area contributed by atoms with Crippen LogP contribution in [0.3, 0.4) is 0 Å². The summed E-state index contributed by atoms with van der Waals surface area (Å²) in [5, 5.41) is 3.00. The van der Waals surface area contributed by atoms with Crippen molar-refractivity contribution in [1.29, 1.82) is 0 Å². The van der Waals surface area contributed by atoms with E-state index in [4.69, 9.17) is 0 Å². The first-order valence-electron chi connectivity index (χ1n) is 7.20. The summed E-state index contributed by atoms with van der Waals surface area (Å²) < 4.78 is 13.0. The third-order valence-corrected chi connectivity index (χ3v) is 4.16. The van der Waals surface area contributed by atoms with Crippen LogP contribution in [-0.4, -0.2) is 5.91 Å². The van der Waals surface area contributed by atoms with Crippen LogP contribution in [-0.2, 0) is 16.8 Å². The van der Waals surface area contributed by atoms with Gasteiger partial charge in [-0.1, -0.05) is 42.0 Å². The van der Waals surface area contributed by atoms with Gasteiger partial charge in [-0.15, -0.1) is 0 Å². The number of nitrogens with one attached hydrogen (secondary N) is 1. The first-order valence-corrected chi connectivity index (χ1v) is 7.20. The minimum atomic E-state index is -0.446. The average molecular weight is 283 g/mol. The van der Waals surface area contributed by atoms with E-state index >= 15 is 0 Å². The SMILES string of the molecule is Cc1ccc(CNC(=O)C2(c3ccc(F)cc3)CC2)cc1. The number of amides is 1. The van der Waals surface area contributed by atoms with Crippen LogP contribution in [0.25, 0.3) is 0 Å². The number of halogens is 1. The molecule has 1 aliphatic carbocycles. The molecule has 0 saturated heterocycles. The minimum absolute atomic E-state index is 0.0367. The van der Waals surface area contributed by atoms with E-state index < -0.39 is 5.41 Å². The number of aryl methyl sites for hydroxylation is 1. The van der Waals surface area contributed by atoms with Gasteiger partial charge in [-0.05, 0) is 43.0 Å². The molecule has 1 fully saturated rings. The van der Waals surface area contributed by atoms with E-state index in [1.165, 1.54) is 17.7 Å². The molecule has 0 bridgehead atoms. The highest BCUT2D eigenvalue weighted by atomic mass is 19.1. The molecular formula is C18H18FNO. The molecule has 2 aromatic rings. The summed E-state index contributed by atoms with van der Waals surface area (Å²) in [6.45, 7) is 2.57. The van der Waals surface area contributed by atoms with Crippen molar-refractivity contribution in [3.8, 4) is 0 Å². The molecule has 1 saturated carbocycles. The molecule has 3 heteroatoms. The smallest absolute Gasteiger partial charge is 0.230 e. The van der Waals surface area contributed by atoms with Gasteiger partial charge in [0.15, 0.2) is 0 Å². The van der Waals surface area contributed by atoms with Crippen LogP contribution in [0.2, 0.25) is 0 Å². The van der Waals surface area contributed by atoms with Crippen molar-refractivity contribution in [2.45, 2.75) is 31.7 Å². The molecule has 0 heterocycles. The molecule has 0 radical (unpaired) electrons. The Morgan fingerprint density at radius 3 is 2.29 bits per heavy atom. The van der Waals surface area contributed by atoms with Gasteiger partial charge in [0.25, 0.3) is 0 Å². The maximum Gasteiger partial charge on any atom is 0.230 e. The predicted molar refractivity (Wildman–Crippen MR) is 80.3 cm³/mol. The number of hydrogen-bond donors (Lipinski definition) is 1. The number of hydrogen-bond acceptors (Lipinski definition) is 1. The van der Waals surface area contributed by atoms with E-state index in [2.05, 4.69) is 5.32 Å². The molecule has 3 rings (SSSR count). The van der Waals surface area contributed by atoms with Crippen LogP contribution in [0.15, 0.2) is 48.5 Å². The lowest BCUT2D eigenvalue weighted by atomic mass is 9.95. The Morgan fingerprint density at radius 1 is 1.10 bits per heavy atom. The van der Waals surface area contributed by atoms with Gasteiger partial charge in [0.2, 0.25) is 5.91 Å². The lowest BCUT2D eigenvalue weighted by molar-refractivity contribution is -0.123. The first kappa shape index (κ1) is 13.8. The second-order valence-corrected chi connectivity index (χ2v) is 5.76. The van der Waals surface area contributed by atoms with Crippen molar-refractivity contribution in [2.24, 2.45) is 0 Å². The zero-order chi connectivity index (χ0) is 14.9. The van der Waals surface area contributed by atoms with Crippen LogP contribution in [0.4, 0.5) is 4.39 Å². The van der Waals surface area contributed by atoms with Crippen molar-refractivity contribution in [1.82, 2.24) is 5.32 Å². The number of rotatable bonds is 4. The van der Waals surface area contributed by atoms with Gasteiger partial charge in [-0.3, -0.25) is 4.79 Å². The minimum Gasteiger partial charge on any atom is -0.351 e. The Bertz CT molecular complexity index is 642. The van der Waals surface area contributed by atoms with Gasteiger partial charge >= 0.3 is 0 Å². The molecule has 0 aliphatic heterocycles. The zero-order valence-electron chi connectivity index (χ0n) is 12.0. The van der Waals surface area contributed by atoms with E-state index in [1.54, 1.807) is 12.1 Å². The Morgan fingerprint density at radius 2 is 1.71 bits per heavy atom. The van der Waals surface area contributed by atoms with Crippen molar-refractivity contribution < 1.29 is 9.18 Å². The van der Waals surface area contributed by atoms with Crippen molar-refractivity contribution >= 4 is 5.91 Å². The van der Waals surface area contributed by atoms with E-state index in [1.807, 2.05) is 31.2 Å². The summed E-state index contributed by atoms with van der Waals surface area (Å²) >= 11 is 0. The third-order valence-electron chi connectivity index (χ3n) is 4.16.